The Morgan fingerprint density at radius 3 is 2.27 bits per heavy atom. The van der Waals surface area contributed by atoms with Crippen molar-refractivity contribution >= 4 is 7.37 Å². The quantitative estimate of drug-likeness (QED) is 0.445. The van der Waals surface area contributed by atoms with Gasteiger partial charge in [-0.2, -0.15) is 0 Å². The summed E-state index contributed by atoms with van der Waals surface area (Å²) in [5.74, 6) is 3.34. The van der Waals surface area contributed by atoms with E-state index in [9.17, 15) is 4.57 Å². The molecule has 86 valence electrons. The van der Waals surface area contributed by atoms with E-state index >= 15 is 0 Å². The van der Waals surface area contributed by atoms with Gasteiger partial charge in [0, 0.05) is 11.6 Å². The molecule has 0 aromatic heterocycles. The van der Waals surface area contributed by atoms with Gasteiger partial charge in [0.25, 0.3) is 0 Å². The van der Waals surface area contributed by atoms with Crippen molar-refractivity contribution < 1.29 is 9.09 Å². The van der Waals surface area contributed by atoms with E-state index < -0.39 is 7.37 Å². The first-order valence-corrected chi connectivity index (χ1v) is 7.64. The van der Waals surface area contributed by atoms with Crippen molar-refractivity contribution in [1.82, 2.24) is 0 Å². The van der Waals surface area contributed by atoms with Crippen molar-refractivity contribution in [2.24, 2.45) is 0 Å². The number of unbranched alkanes of at least 4 members (excludes halogenated alkanes) is 5. The van der Waals surface area contributed by atoms with E-state index in [0.29, 0.717) is 6.61 Å². The van der Waals surface area contributed by atoms with E-state index in [1.165, 1.54) is 32.1 Å². The van der Waals surface area contributed by atoms with Crippen LogP contribution in [-0.4, -0.2) is 6.61 Å². The molecule has 1 heterocycles. The second-order valence-electron chi connectivity index (χ2n) is 3.93. The van der Waals surface area contributed by atoms with E-state index in [1.807, 2.05) is 0 Å². The SMILES string of the molecule is CCCCCCCCOP1(=O)C=CC=C1. The fourth-order valence-electron chi connectivity index (χ4n) is 1.56. The standard InChI is InChI=1S/C12H21O2P/c1-2-3-4-5-6-7-10-14-15(13)11-8-9-12-15/h8-9,11-12H,2-7,10H2,1H3. The lowest BCUT2D eigenvalue weighted by Gasteiger charge is -2.08. The number of hydrogen-bond donors (Lipinski definition) is 0. The Hall–Kier alpha value is -0.330. The van der Waals surface area contributed by atoms with E-state index in [0.717, 1.165) is 6.42 Å². The van der Waals surface area contributed by atoms with Gasteiger partial charge in [0.1, 0.15) is 0 Å². The molecule has 0 saturated carbocycles. The minimum absolute atomic E-state index is 0.623. The van der Waals surface area contributed by atoms with Gasteiger partial charge in [-0.3, -0.25) is 4.57 Å². The molecule has 0 spiro atoms. The molecule has 0 bridgehead atoms. The molecule has 0 atom stereocenters. The van der Waals surface area contributed by atoms with E-state index in [2.05, 4.69) is 6.92 Å². The summed E-state index contributed by atoms with van der Waals surface area (Å²) in [5.41, 5.74) is 0. The van der Waals surface area contributed by atoms with Crippen LogP contribution >= 0.6 is 7.37 Å². The molecule has 0 aliphatic carbocycles. The third-order valence-electron chi connectivity index (χ3n) is 2.49. The van der Waals surface area contributed by atoms with Gasteiger partial charge in [0.05, 0.1) is 6.61 Å². The van der Waals surface area contributed by atoms with Crippen molar-refractivity contribution in [3.8, 4) is 0 Å². The Morgan fingerprint density at radius 1 is 1.00 bits per heavy atom. The Labute approximate surface area is 92.9 Å². The molecule has 0 N–H and O–H groups in total. The Balaban J connectivity index is 1.95. The van der Waals surface area contributed by atoms with Crippen LogP contribution < -0.4 is 0 Å². The van der Waals surface area contributed by atoms with Crippen LogP contribution in [0.5, 0.6) is 0 Å². The molecule has 0 radical (unpaired) electrons. The van der Waals surface area contributed by atoms with Crippen LogP contribution in [0.2, 0.25) is 0 Å². The van der Waals surface area contributed by atoms with Crippen LogP contribution in [0.3, 0.4) is 0 Å². The maximum Gasteiger partial charge on any atom is 0.247 e. The van der Waals surface area contributed by atoms with Crippen LogP contribution in [0.1, 0.15) is 45.4 Å². The first-order chi connectivity index (χ1) is 7.27. The average Bonchev–Trinajstić information content (AvgIpc) is 2.64. The summed E-state index contributed by atoms with van der Waals surface area (Å²) < 4.78 is 17.1. The van der Waals surface area contributed by atoms with Crippen molar-refractivity contribution in [3.63, 3.8) is 0 Å². The zero-order chi connectivity index (χ0) is 11.0. The second kappa shape index (κ2) is 7.03. The molecule has 0 amide bonds. The number of allylic oxidation sites excluding steroid dienone is 2. The van der Waals surface area contributed by atoms with Gasteiger partial charge in [-0.1, -0.05) is 51.2 Å². The molecule has 2 nitrogen and oxygen atoms in total. The highest BCUT2D eigenvalue weighted by Crippen LogP contribution is 2.52. The molecular formula is C12H21O2P. The highest BCUT2D eigenvalue weighted by molar-refractivity contribution is 7.65. The first kappa shape index (κ1) is 12.7. The van der Waals surface area contributed by atoms with Crippen molar-refractivity contribution in [2.75, 3.05) is 6.61 Å². The van der Waals surface area contributed by atoms with Gasteiger partial charge >= 0.3 is 0 Å². The van der Waals surface area contributed by atoms with Crippen LogP contribution in [0, 0.1) is 0 Å². The van der Waals surface area contributed by atoms with E-state index in [4.69, 9.17) is 4.52 Å². The molecule has 1 rings (SSSR count). The molecule has 15 heavy (non-hydrogen) atoms. The molecule has 0 aromatic rings. The predicted octanol–water partition coefficient (Wildman–Crippen LogP) is 4.68. The molecule has 3 heteroatoms. The van der Waals surface area contributed by atoms with Gasteiger partial charge in [0.2, 0.25) is 7.37 Å². The summed E-state index contributed by atoms with van der Waals surface area (Å²) in [6, 6.07) is 0. The van der Waals surface area contributed by atoms with Gasteiger partial charge in [-0.15, -0.1) is 0 Å². The minimum Gasteiger partial charge on any atom is -0.323 e. The normalized spacial score (nSPS) is 17.4. The topological polar surface area (TPSA) is 26.3 Å². The number of hydrogen-bond acceptors (Lipinski definition) is 2. The molecule has 0 saturated heterocycles. The maximum absolute atomic E-state index is 11.8. The van der Waals surface area contributed by atoms with Crippen LogP contribution in [0.15, 0.2) is 23.8 Å². The summed E-state index contributed by atoms with van der Waals surface area (Å²) in [6.45, 7) is 2.84. The average molecular weight is 228 g/mol. The lowest BCUT2D eigenvalue weighted by atomic mass is 10.1. The molecule has 1 aliphatic rings. The molecular weight excluding hydrogens is 207 g/mol. The lowest BCUT2D eigenvalue weighted by molar-refractivity contribution is 0.313. The second-order valence-corrected chi connectivity index (χ2v) is 6.07. The van der Waals surface area contributed by atoms with E-state index in [-0.39, 0.29) is 0 Å². The summed E-state index contributed by atoms with van der Waals surface area (Å²) in [7, 11) is -2.49. The minimum atomic E-state index is -2.49. The summed E-state index contributed by atoms with van der Waals surface area (Å²) in [6.07, 6.45) is 11.0. The number of rotatable bonds is 8. The van der Waals surface area contributed by atoms with Gasteiger partial charge < -0.3 is 4.52 Å². The highest BCUT2D eigenvalue weighted by Gasteiger charge is 2.16. The zero-order valence-electron chi connectivity index (χ0n) is 9.52. The van der Waals surface area contributed by atoms with Gasteiger partial charge in [0.15, 0.2) is 0 Å². The van der Waals surface area contributed by atoms with E-state index in [1.54, 1.807) is 23.8 Å². The molecule has 0 aromatic carbocycles. The van der Waals surface area contributed by atoms with Crippen LogP contribution in [0.25, 0.3) is 0 Å². The monoisotopic (exact) mass is 228 g/mol. The zero-order valence-corrected chi connectivity index (χ0v) is 10.4. The van der Waals surface area contributed by atoms with Crippen molar-refractivity contribution in [1.29, 1.82) is 0 Å². The van der Waals surface area contributed by atoms with Crippen LogP contribution in [-0.2, 0) is 9.09 Å². The Bertz CT molecular complexity index is 253. The summed E-state index contributed by atoms with van der Waals surface area (Å²) >= 11 is 0. The summed E-state index contributed by atoms with van der Waals surface area (Å²) in [4.78, 5) is 0. The first-order valence-electron chi connectivity index (χ1n) is 5.88. The third kappa shape index (κ3) is 5.34. The summed E-state index contributed by atoms with van der Waals surface area (Å²) in [5, 5.41) is 0. The van der Waals surface area contributed by atoms with Crippen molar-refractivity contribution in [3.05, 3.63) is 23.8 Å². The smallest absolute Gasteiger partial charge is 0.247 e. The van der Waals surface area contributed by atoms with Crippen molar-refractivity contribution in [2.45, 2.75) is 45.4 Å². The van der Waals surface area contributed by atoms with Gasteiger partial charge in [-0.05, 0) is 6.42 Å². The fourth-order valence-corrected chi connectivity index (χ4v) is 2.93. The fraction of sp³-hybridized carbons (Fsp3) is 0.667. The largest absolute Gasteiger partial charge is 0.323 e. The van der Waals surface area contributed by atoms with Crippen LogP contribution in [0.4, 0.5) is 0 Å². The Kier molecular flexibility index (Phi) is 5.97. The predicted molar refractivity (Wildman–Crippen MR) is 65.2 cm³/mol. The maximum atomic E-state index is 11.8. The lowest BCUT2D eigenvalue weighted by Crippen LogP contribution is -1.90. The molecule has 0 fully saturated rings. The highest BCUT2D eigenvalue weighted by atomic mass is 31.2. The van der Waals surface area contributed by atoms with Gasteiger partial charge in [-0.25, -0.2) is 0 Å². The third-order valence-corrected chi connectivity index (χ3v) is 4.25. The Morgan fingerprint density at radius 2 is 1.60 bits per heavy atom. The molecule has 1 aliphatic heterocycles. The molecule has 0 unspecified atom stereocenters.